The summed E-state index contributed by atoms with van der Waals surface area (Å²) in [5.41, 5.74) is 2.11. The number of benzene rings is 2. The number of rotatable bonds is 5. The van der Waals surface area contributed by atoms with Gasteiger partial charge in [-0.15, -0.1) is 11.8 Å². The van der Waals surface area contributed by atoms with Crippen molar-refractivity contribution in [2.75, 3.05) is 11.2 Å². The minimum atomic E-state index is -2.30. The number of thioether (sulfide) groups is 1. The number of nitrogens with one attached hydrogen (secondary N) is 2. The van der Waals surface area contributed by atoms with Gasteiger partial charge in [-0.25, -0.2) is 26.3 Å². The van der Waals surface area contributed by atoms with Crippen LogP contribution >= 0.6 is 11.8 Å². The molecule has 1 amide bonds. The van der Waals surface area contributed by atoms with Crippen molar-refractivity contribution in [1.29, 1.82) is 0 Å². The van der Waals surface area contributed by atoms with Gasteiger partial charge in [0, 0.05) is 4.90 Å². The summed E-state index contributed by atoms with van der Waals surface area (Å²) < 4.78 is 78.3. The summed E-state index contributed by atoms with van der Waals surface area (Å²) in [4.78, 5) is 12.1. The van der Waals surface area contributed by atoms with Crippen LogP contribution in [0.15, 0.2) is 29.2 Å². The highest BCUT2D eigenvalue weighted by Gasteiger charge is 2.25. The predicted molar refractivity (Wildman–Crippen MR) is 75.1 cm³/mol. The van der Waals surface area contributed by atoms with Gasteiger partial charge in [-0.05, 0) is 24.3 Å². The van der Waals surface area contributed by atoms with E-state index in [1.165, 1.54) is 24.3 Å². The molecule has 0 unspecified atom stereocenters. The SMILES string of the molecule is O=C(CSc1ccc(F)cc1)NNc1c(F)c(F)c(F)c(F)c1F. The molecule has 0 fully saturated rings. The van der Waals surface area contributed by atoms with Gasteiger partial charge in [0.25, 0.3) is 0 Å². The maximum Gasteiger partial charge on any atom is 0.248 e. The Kier molecular flexibility index (Phi) is 5.60. The van der Waals surface area contributed by atoms with Crippen molar-refractivity contribution in [1.82, 2.24) is 5.43 Å². The number of hydrazine groups is 1. The smallest absolute Gasteiger partial charge is 0.248 e. The molecule has 0 radical (unpaired) electrons. The summed E-state index contributed by atoms with van der Waals surface area (Å²) in [6.07, 6.45) is 0. The average Bonchev–Trinajstić information content (AvgIpc) is 2.57. The number of hydrogen-bond donors (Lipinski definition) is 2. The Morgan fingerprint density at radius 2 is 1.33 bits per heavy atom. The third kappa shape index (κ3) is 3.94. The van der Waals surface area contributed by atoms with Crippen LogP contribution < -0.4 is 10.9 Å². The van der Waals surface area contributed by atoms with Crippen molar-refractivity contribution < 1.29 is 31.1 Å². The molecule has 0 aliphatic heterocycles. The highest BCUT2D eigenvalue weighted by molar-refractivity contribution is 8.00. The van der Waals surface area contributed by atoms with E-state index in [1.807, 2.05) is 5.43 Å². The second kappa shape index (κ2) is 7.47. The van der Waals surface area contributed by atoms with Crippen molar-refractivity contribution in [3.8, 4) is 0 Å². The van der Waals surface area contributed by atoms with Crippen molar-refractivity contribution >= 4 is 23.4 Å². The monoisotopic (exact) mass is 366 g/mol. The van der Waals surface area contributed by atoms with Gasteiger partial charge < -0.3 is 0 Å². The lowest BCUT2D eigenvalue weighted by atomic mass is 10.2. The van der Waals surface area contributed by atoms with Crippen LogP contribution in [0.2, 0.25) is 0 Å². The first-order chi connectivity index (χ1) is 11.3. The number of hydrogen-bond acceptors (Lipinski definition) is 3. The molecule has 0 aliphatic carbocycles. The third-order valence-corrected chi connectivity index (χ3v) is 3.73. The molecule has 0 spiro atoms. The molecule has 3 nitrogen and oxygen atoms in total. The van der Waals surface area contributed by atoms with Crippen LogP contribution in [0.5, 0.6) is 0 Å². The Balaban J connectivity index is 1.98. The van der Waals surface area contributed by atoms with E-state index < -0.39 is 46.5 Å². The molecule has 2 aromatic carbocycles. The first-order valence-corrected chi connectivity index (χ1v) is 7.24. The molecule has 24 heavy (non-hydrogen) atoms. The van der Waals surface area contributed by atoms with Gasteiger partial charge in [0.05, 0.1) is 5.75 Å². The van der Waals surface area contributed by atoms with Gasteiger partial charge in [0.2, 0.25) is 11.7 Å². The van der Waals surface area contributed by atoms with Gasteiger partial charge in [0.1, 0.15) is 11.5 Å². The Labute approximate surface area is 136 Å². The normalized spacial score (nSPS) is 10.6. The minimum absolute atomic E-state index is 0.242. The van der Waals surface area contributed by atoms with Crippen molar-refractivity contribution in [2.24, 2.45) is 0 Å². The lowest BCUT2D eigenvalue weighted by Gasteiger charge is -2.11. The molecular formula is C14H8F6N2OS. The molecule has 0 aromatic heterocycles. The highest BCUT2D eigenvalue weighted by Crippen LogP contribution is 2.26. The molecule has 10 heteroatoms. The first-order valence-electron chi connectivity index (χ1n) is 6.26. The fourth-order valence-electron chi connectivity index (χ4n) is 1.56. The summed E-state index contributed by atoms with van der Waals surface area (Å²) in [5, 5.41) is 0. The van der Waals surface area contributed by atoms with E-state index >= 15 is 0 Å². The number of carbonyl (C=O) groups is 1. The summed E-state index contributed by atoms with van der Waals surface area (Å²) in [6.45, 7) is 0. The molecule has 0 heterocycles. The molecule has 0 bridgehead atoms. The van der Waals surface area contributed by atoms with E-state index in [0.717, 1.165) is 11.8 Å². The largest absolute Gasteiger partial charge is 0.293 e. The van der Waals surface area contributed by atoms with E-state index in [4.69, 9.17) is 0 Å². The summed E-state index contributed by atoms with van der Waals surface area (Å²) in [7, 11) is 0. The Morgan fingerprint density at radius 3 is 1.88 bits per heavy atom. The summed E-state index contributed by atoms with van der Waals surface area (Å²) in [6, 6.07) is 5.16. The third-order valence-electron chi connectivity index (χ3n) is 2.72. The second-order valence-electron chi connectivity index (χ2n) is 4.36. The molecule has 2 aromatic rings. The molecule has 0 saturated heterocycles. The lowest BCUT2D eigenvalue weighted by molar-refractivity contribution is -0.118. The minimum Gasteiger partial charge on any atom is -0.293 e. The number of anilines is 1. The van der Waals surface area contributed by atoms with E-state index in [2.05, 4.69) is 0 Å². The lowest BCUT2D eigenvalue weighted by Crippen LogP contribution is -2.32. The van der Waals surface area contributed by atoms with E-state index in [9.17, 15) is 31.1 Å². The van der Waals surface area contributed by atoms with Crippen molar-refractivity contribution in [3.63, 3.8) is 0 Å². The van der Waals surface area contributed by atoms with Crippen LogP contribution in [0.3, 0.4) is 0 Å². The van der Waals surface area contributed by atoms with Crippen LogP contribution in [-0.2, 0) is 4.79 Å². The first kappa shape index (κ1) is 18.0. The fourth-order valence-corrected chi connectivity index (χ4v) is 2.26. The molecule has 2 N–H and O–H groups in total. The summed E-state index contributed by atoms with van der Waals surface area (Å²) in [5.74, 6) is -12.3. The average molecular weight is 366 g/mol. The topological polar surface area (TPSA) is 41.1 Å². The van der Waals surface area contributed by atoms with E-state index in [1.54, 1.807) is 5.43 Å². The maximum atomic E-state index is 13.4. The van der Waals surface area contributed by atoms with Crippen molar-refractivity contribution in [2.45, 2.75) is 4.90 Å². The number of carbonyl (C=O) groups excluding carboxylic acids is 1. The van der Waals surface area contributed by atoms with E-state index in [0.29, 0.717) is 4.90 Å². The molecule has 2 rings (SSSR count). The van der Waals surface area contributed by atoms with Gasteiger partial charge >= 0.3 is 0 Å². The zero-order valence-electron chi connectivity index (χ0n) is 11.6. The predicted octanol–water partition coefficient (Wildman–Crippen LogP) is 3.76. The van der Waals surface area contributed by atoms with Gasteiger partial charge in [-0.1, -0.05) is 0 Å². The number of halogens is 6. The van der Waals surface area contributed by atoms with Crippen LogP contribution in [0.4, 0.5) is 32.0 Å². The molecular weight excluding hydrogens is 358 g/mol. The maximum absolute atomic E-state index is 13.4. The molecule has 0 saturated carbocycles. The summed E-state index contributed by atoms with van der Waals surface area (Å²) >= 11 is 0.975. The van der Waals surface area contributed by atoms with Crippen LogP contribution in [0.25, 0.3) is 0 Å². The molecule has 0 atom stereocenters. The zero-order valence-corrected chi connectivity index (χ0v) is 12.4. The zero-order chi connectivity index (χ0) is 17.9. The molecule has 128 valence electrons. The van der Waals surface area contributed by atoms with Gasteiger partial charge in [-0.2, -0.15) is 0 Å². The Bertz CT molecular complexity index is 740. The Hall–Kier alpha value is -2.36. The second-order valence-corrected chi connectivity index (χ2v) is 5.41. The van der Waals surface area contributed by atoms with Crippen LogP contribution in [-0.4, -0.2) is 11.7 Å². The Morgan fingerprint density at radius 1 is 0.833 bits per heavy atom. The van der Waals surface area contributed by atoms with Crippen LogP contribution in [0.1, 0.15) is 0 Å². The highest BCUT2D eigenvalue weighted by atomic mass is 32.2. The van der Waals surface area contributed by atoms with Gasteiger partial charge in [0.15, 0.2) is 23.3 Å². The fraction of sp³-hybridized carbons (Fsp3) is 0.0714. The van der Waals surface area contributed by atoms with Gasteiger partial charge in [-0.3, -0.25) is 15.6 Å². The van der Waals surface area contributed by atoms with Crippen LogP contribution in [0, 0.1) is 34.9 Å². The molecule has 0 aliphatic rings. The quantitative estimate of drug-likeness (QED) is 0.278. The standard InChI is InChI=1S/C14H8F6N2OS/c15-6-1-3-7(4-2-6)24-5-8(23)21-22-14-12(19)10(17)9(16)11(18)13(14)20/h1-4,22H,5H2,(H,21,23). The van der Waals surface area contributed by atoms with E-state index in [-0.39, 0.29) is 5.75 Å². The van der Waals surface area contributed by atoms with Crippen molar-refractivity contribution in [3.05, 3.63) is 59.2 Å². The number of amides is 1.